The van der Waals surface area contributed by atoms with Crippen LogP contribution in [0.3, 0.4) is 0 Å². The van der Waals surface area contributed by atoms with E-state index < -0.39 is 0 Å². The number of thioether (sulfide) groups is 1. The van der Waals surface area contributed by atoms with Crippen LogP contribution in [0.2, 0.25) is 0 Å². The zero-order valence-corrected chi connectivity index (χ0v) is 13.1. The van der Waals surface area contributed by atoms with E-state index in [4.69, 9.17) is 23.2 Å². The van der Waals surface area contributed by atoms with Gasteiger partial charge in [-0.05, 0) is 23.8 Å². The predicted octanol–water partition coefficient (Wildman–Crippen LogP) is 3.46. The zero-order chi connectivity index (χ0) is 13.0. The van der Waals surface area contributed by atoms with Crippen LogP contribution >= 0.6 is 46.3 Å². The zero-order valence-electron chi connectivity index (χ0n) is 9.95. The highest BCUT2D eigenvalue weighted by molar-refractivity contribution is 7.98. The van der Waals surface area contributed by atoms with Crippen molar-refractivity contribution in [2.24, 2.45) is 0 Å². The SMILES string of the molecule is O=C(c1cc2c(s1)CCSC2)N(CCCl)CCCl. The molecule has 0 N–H and O–H groups in total. The monoisotopic (exact) mass is 323 g/mol. The molecule has 6 heteroatoms. The molecule has 1 aliphatic heterocycles. The van der Waals surface area contributed by atoms with Crippen LogP contribution in [-0.2, 0) is 12.2 Å². The van der Waals surface area contributed by atoms with Crippen molar-refractivity contribution in [3.05, 3.63) is 21.4 Å². The number of amides is 1. The standard InChI is InChI=1S/C12H15Cl2NOS2/c13-2-4-15(5-3-14)12(16)11-7-9-8-17-6-1-10(9)18-11/h7H,1-6,8H2. The van der Waals surface area contributed by atoms with Gasteiger partial charge in [-0.25, -0.2) is 0 Å². The van der Waals surface area contributed by atoms with Gasteiger partial charge in [-0.15, -0.1) is 34.5 Å². The highest BCUT2D eigenvalue weighted by Gasteiger charge is 2.21. The van der Waals surface area contributed by atoms with Crippen LogP contribution in [0, 0.1) is 0 Å². The topological polar surface area (TPSA) is 20.3 Å². The molecule has 0 aliphatic carbocycles. The minimum Gasteiger partial charge on any atom is -0.336 e. The number of aryl methyl sites for hydroxylation is 1. The molecule has 1 aliphatic rings. The van der Waals surface area contributed by atoms with Crippen LogP contribution in [0.1, 0.15) is 20.1 Å². The third-order valence-corrected chi connectivity index (χ3v) is 5.41. The number of fused-ring (bicyclic) bond motifs is 1. The fraction of sp³-hybridized carbons (Fsp3) is 0.583. The molecule has 2 heterocycles. The van der Waals surface area contributed by atoms with Crippen LogP contribution < -0.4 is 0 Å². The van der Waals surface area contributed by atoms with Gasteiger partial charge in [0.1, 0.15) is 0 Å². The Morgan fingerprint density at radius 3 is 2.67 bits per heavy atom. The molecular weight excluding hydrogens is 309 g/mol. The Bertz CT molecular complexity index is 393. The molecule has 0 unspecified atom stereocenters. The highest BCUT2D eigenvalue weighted by atomic mass is 35.5. The van der Waals surface area contributed by atoms with E-state index in [0.29, 0.717) is 24.8 Å². The van der Waals surface area contributed by atoms with Crippen molar-refractivity contribution in [2.75, 3.05) is 30.6 Å². The molecule has 0 saturated carbocycles. The highest BCUT2D eigenvalue weighted by Crippen LogP contribution is 2.32. The summed E-state index contributed by atoms with van der Waals surface area (Å²) in [5.74, 6) is 3.16. The van der Waals surface area contributed by atoms with Gasteiger partial charge in [0, 0.05) is 35.5 Å². The van der Waals surface area contributed by atoms with Crippen molar-refractivity contribution < 1.29 is 4.79 Å². The number of halogens is 2. The maximum atomic E-state index is 12.4. The lowest BCUT2D eigenvalue weighted by molar-refractivity contribution is 0.0780. The first-order valence-corrected chi connectivity index (χ1v) is 8.91. The predicted molar refractivity (Wildman–Crippen MR) is 81.5 cm³/mol. The first-order chi connectivity index (χ1) is 8.76. The van der Waals surface area contributed by atoms with Gasteiger partial charge in [-0.1, -0.05) is 0 Å². The van der Waals surface area contributed by atoms with Gasteiger partial charge >= 0.3 is 0 Å². The lowest BCUT2D eigenvalue weighted by atomic mass is 10.2. The summed E-state index contributed by atoms with van der Waals surface area (Å²) in [5, 5.41) is 0. The van der Waals surface area contributed by atoms with Gasteiger partial charge in [0.15, 0.2) is 0 Å². The molecule has 1 amide bonds. The summed E-state index contributed by atoms with van der Waals surface area (Å²) in [5.41, 5.74) is 1.33. The van der Waals surface area contributed by atoms with Gasteiger partial charge in [0.05, 0.1) is 4.88 Å². The second-order valence-electron chi connectivity index (χ2n) is 4.03. The molecule has 0 spiro atoms. The molecule has 1 aromatic heterocycles. The number of hydrogen-bond donors (Lipinski definition) is 0. The van der Waals surface area contributed by atoms with E-state index in [2.05, 4.69) is 0 Å². The average Bonchev–Trinajstić information content (AvgIpc) is 2.81. The van der Waals surface area contributed by atoms with Crippen LogP contribution in [-0.4, -0.2) is 41.4 Å². The molecule has 18 heavy (non-hydrogen) atoms. The van der Waals surface area contributed by atoms with E-state index in [1.807, 2.05) is 17.8 Å². The first kappa shape index (κ1) is 14.5. The molecule has 1 aromatic rings. The van der Waals surface area contributed by atoms with Crippen molar-refractivity contribution >= 4 is 52.2 Å². The summed E-state index contributed by atoms with van der Waals surface area (Å²) in [6, 6.07) is 2.05. The van der Waals surface area contributed by atoms with Gasteiger partial charge in [0.25, 0.3) is 5.91 Å². The quantitative estimate of drug-likeness (QED) is 0.773. The van der Waals surface area contributed by atoms with Crippen molar-refractivity contribution in [3.8, 4) is 0 Å². The van der Waals surface area contributed by atoms with Crippen molar-refractivity contribution in [1.82, 2.24) is 4.90 Å². The maximum Gasteiger partial charge on any atom is 0.264 e. The number of carbonyl (C=O) groups excluding carboxylic acids is 1. The van der Waals surface area contributed by atoms with Crippen molar-refractivity contribution in [1.29, 1.82) is 0 Å². The number of rotatable bonds is 5. The average molecular weight is 324 g/mol. The van der Waals surface area contributed by atoms with Crippen molar-refractivity contribution in [3.63, 3.8) is 0 Å². The normalized spacial score (nSPS) is 14.3. The molecule has 0 saturated heterocycles. The summed E-state index contributed by atoms with van der Waals surface area (Å²) in [4.78, 5) is 16.3. The van der Waals surface area contributed by atoms with E-state index in [1.165, 1.54) is 10.4 Å². The van der Waals surface area contributed by atoms with E-state index in [-0.39, 0.29) is 5.91 Å². The minimum atomic E-state index is 0.0701. The fourth-order valence-electron chi connectivity index (χ4n) is 1.93. The lowest BCUT2D eigenvalue weighted by Crippen LogP contribution is -2.33. The molecule has 2 rings (SSSR count). The third-order valence-electron chi connectivity index (χ3n) is 2.83. The number of thiophene rings is 1. The Morgan fingerprint density at radius 2 is 2.06 bits per heavy atom. The second-order valence-corrected chi connectivity index (χ2v) is 7.03. The molecule has 0 radical (unpaired) electrons. The molecule has 100 valence electrons. The molecule has 0 atom stereocenters. The Balaban J connectivity index is 2.13. The number of hydrogen-bond acceptors (Lipinski definition) is 3. The minimum absolute atomic E-state index is 0.0701. The number of alkyl halides is 2. The Kier molecular flexibility index (Phi) is 5.67. The molecule has 0 bridgehead atoms. The molecular formula is C12H15Cl2NOS2. The number of carbonyl (C=O) groups is 1. The largest absolute Gasteiger partial charge is 0.336 e. The van der Waals surface area contributed by atoms with Crippen LogP contribution in [0.4, 0.5) is 0 Å². The van der Waals surface area contributed by atoms with Crippen molar-refractivity contribution in [2.45, 2.75) is 12.2 Å². The Hall–Kier alpha value is 0.1000. The summed E-state index contributed by atoms with van der Waals surface area (Å²) in [7, 11) is 0. The lowest BCUT2D eigenvalue weighted by Gasteiger charge is -2.19. The molecule has 0 aromatic carbocycles. The summed E-state index contributed by atoms with van der Waals surface area (Å²) >= 11 is 15.0. The van der Waals surface area contributed by atoms with E-state index in [1.54, 1.807) is 16.2 Å². The third kappa shape index (κ3) is 3.35. The molecule has 2 nitrogen and oxygen atoms in total. The smallest absolute Gasteiger partial charge is 0.264 e. The second kappa shape index (κ2) is 7.04. The van der Waals surface area contributed by atoms with Gasteiger partial charge in [0.2, 0.25) is 0 Å². The number of nitrogens with zero attached hydrogens (tertiary/aromatic N) is 1. The van der Waals surface area contributed by atoms with Crippen LogP contribution in [0.25, 0.3) is 0 Å². The molecule has 0 fully saturated rings. The van der Waals surface area contributed by atoms with Crippen LogP contribution in [0.5, 0.6) is 0 Å². The Labute approximate surface area is 126 Å². The summed E-state index contributed by atoms with van der Waals surface area (Å²) < 4.78 is 0. The van der Waals surface area contributed by atoms with E-state index >= 15 is 0 Å². The van der Waals surface area contributed by atoms with Gasteiger partial charge in [-0.2, -0.15) is 11.8 Å². The summed E-state index contributed by atoms with van der Waals surface area (Å²) in [6.07, 6.45) is 1.09. The van der Waals surface area contributed by atoms with Gasteiger partial charge in [-0.3, -0.25) is 4.79 Å². The first-order valence-electron chi connectivity index (χ1n) is 5.86. The van der Waals surface area contributed by atoms with Crippen LogP contribution in [0.15, 0.2) is 6.07 Å². The maximum absolute atomic E-state index is 12.4. The van der Waals surface area contributed by atoms with Gasteiger partial charge < -0.3 is 4.90 Å². The van der Waals surface area contributed by atoms with E-state index in [9.17, 15) is 4.79 Å². The van der Waals surface area contributed by atoms with E-state index in [0.717, 1.165) is 22.8 Å². The fourth-order valence-corrected chi connectivity index (χ4v) is 4.68. The Morgan fingerprint density at radius 1 is 1.33 bits per heavy atom. The summed E-state index contributed by atoms with van der Waals surface area (Å²) in [6.45, 7) is 1.12.